The van der Waals surface area contributed by atoms with E-state index in [4.69, 9.17) is 4.74 Å². The molecule has 0 aromatic heterocycles. The summed E-state index contributed by atoms with van der Waals surface area (Å²) in [7, 11) is 0. The quantitative estimate of drug-likeness (QED) is 0.596. The van der Waals surface area contributed by atoms with Gasteiger partial charge in [-0.1, -0.05) is 20.3 Å². The molecule has 0 fully saturated rings. The number of rotatable bonds is 5. The van der Waals surface area contributed by atoms with E-state index in [0.29, 0.717) is 6.61 Å². The van der Waals surface area contributed by atoms with Gasteiger partial charge in [0.25, 0.3) is 0 Å². The van der Waals surface area contributed by atoms with Gasteiger partial charge in [0.2, 0.25) is 0 Å². The summed E-state index contributed by atoms with van der Waals surface area (Å²) in [5, 5.41) is 0. The van der Waals surface area contributed by atoms with Crippen LogP contribution in [0.3, 0.4) is 0 Å². The molecule has 0 N–H and O–H groups in total. The summed E-state index contributed by atoms with van der Waals surface area (Å²) in [5.74, 6) is -0.0637. The first-order chi connectivity index (χ1) is 5.54. The van der Waals surface area contributed by atoms with E-state index in [0.717, 1.165) is 19.3 Å². The smallest absolute Gasteiger partial charge is 0.311 e. The van der Waals surface area contributed by atoms with Crippen molar-refractivity contribution in [1.29, 1.82) is 0 Å². The van der Waals surface area contributed by atoms with E-state index >= 15 is 0 Å². The summed E-state index contributed by atoms with van der Waals surface area (Å²) in [6.07, 6.45) is 2.82. The van der Waals surface area contributed by atoms with E-state index in [1.807, 2.05) is 20.8 Å². The molecule has 0 amide bonds. The summed E-state index contributed by atoms with van der Waals surface area (Å²) in [5.41, 5.74) is -0.302. The van der Waals surface area contributed by atoms with E-state index in [9.17, 15) is 4.79 Å². The van der Waals surface area contributed by atoms with Crippen LogP contribution in [0.25, 0.3) is 0 Å². The van der Waals surface area contributed by atoms with Crippen molar-refractivity contribution < 1.29 is 9.53 Å². The molecule has 12 heavy (non-hydrogen) atoms. The molecule has 0 heterocycles. The van der Waals surface area contributed by atoms with Crippen LogP contribution in [0.2, 0.25) is 0 Å². The predicted octanol–water partition coefficient (Wildman–Crippen LogP) is 2.77. The van der Waals surface area contributed by atoms with Crippen molar-refractivity contribution in [2.24, 2.45) is 5.41 Å². The molecule has 0 saturated heterocycles. The lowest BCUT2D eigenvalue weighted by molar-refractivity contribution is -0.154. The first-order valence-corrected chi connectivity index (χ1v) is 4.71. The summed E-state index contributed by atoms with van der Waals surface area (Å²) in [6.45, 7) is 8.50. The molecular formula is C10H20O2. The van der Waals surface area contributed by atoms with Crippen molar-refractivity contribution >= 4 is 5.97 Å². The van der Waals surface area contributed by atoms with E-state index in [1.165, 1.54) is 0 Å². The molecular weight excluding hydrogens is 152 g/mol. The van der Waals surface area contributed by atoms with Crippen LogP contribution in [0, 0.1) is 5.41 Å². The molecule has 0 aromatic rings. The molecule has 0 bridgehead atoms. The number of hydrogen-bond donors (Lipinski definition) is 0. The third-order valence-corrected chi connectivity index (χ3v) is 1.86. The van der Waals surface area contributed by atoms with Crippen molar-refractivity contribution in [3.05, 3.63) is 0 Å². The van der Waals surface area contributed by atoms with Gasteiger partial charge in [0.05, 0.1) is 12.0 Å². The van der Waals surface area contributed by atoms with Crippen LogP contribution in [0.4, 0.5) is 0 Å². The minimum Gasteiger partial charge on any atom is -0.465 e. The Morgan fingerprint density at radius 3 is 2.25 bits per heavy atom. The van der Waals surface area contributed by atoms with Crippen LogP contribution in [0.15, 0.2) is 0 Å². The molecule has 0 atom stereocenters. The number of hydrogen-bond acceptors (Lipinski definition) is 2. The SMILES string of the molecule is CCCOC(=O)C(C)(C)CCC. The molecule has 0 unspecified atom stereocenters. The maximum Gasteiger partial charge on any atom is 0.311 e. The lowest BCUT2D eigenvalue weighted by Gasteiger charge is -2.21. The van der Waals surface area contributed by atoms with Gasteiger partial charge in [0.15, 0.2) is 0 Å². The molecule has 0 spiro atoms. The number of carbonyl (C=O) groups is 1. The molecule has 0 saturated carbocycles. The van der Waals surface area contributed by atoms with Crippen molar-refractivity contribution in [1.82, 2.24) is 0 Å². The van der Waals surface area contributed by atoms with Crippen LogP contribution in [-0.4, -0.2) is 12.6 Å². The van der Waals surface area contributed by atoms with Gasteiger partial charge in [-0.25, -0.2) is 0 Å². The van der Waals surface area contributed by atoms with Gasteiger partial charge in [-0.15, -0.1) is 0 Å². The number of esters is 1. The van der Waals surface area contributed by atoms with Gasteiger partial charge < -0.3 is 4.74 Å². The van der Waals surface area contributed by atoms with Gasteiger partial charge >= 0.3 is 5.97 Å². The highest BCUT2D eigenvalue weighted by molar-refractivity contribution is 5.75. The maximum absolute atomic E-state index is 11.4. The minimum absolute atomic E-state index is 0.0637. The fourth-order valence-corrected chi connectivity index (χ4v) is 1.12. The Bertz CT molecular complexity index is 139. The Morgan fingerprint density at radius 2 is 1.83 bits per heavy atom. The van der Waals surface area contributed by atoms with E-state index in [1.54, 1.807) is 0 Å². The first-order valence-electron chi connectivity index (χ1n) is 4.71. The molecule has 0 aliphatic rings. The van der Waals surface area contributed by atoms with Crippen molar-refractivity contribution in [2.75, 3.05) is 6.61 Å². The highest BCUT2D eigenvalue weighted by atomic mass is 16.5. The molecule has 0 aliphatic carbocycles. The lowest BCUT2D eigenvalue weighted by Crippen LogP contribution is -2.26. The zero-order valence-electron chi connectivity index (χ0n) is 8.64. The summed E-state index contributed by atoms with van der Waals surface area (Å²) < 4.78 is 5.07. The standard InChI is InChI=1S/C10H20O2/c1-5-7-10(3,4)9(11)12-8-6-2/h5-8H2,1-4H3. The Kier molecular flexibility index (Phi) is 4.95. The topological polar surface area (TPSA) is 26.3 Å². The zero-order valence-corrected chi connectivity index (χ0v) is 8.64. The highest BCUT2D eigenvalue weighted by Gasteiger charge is 2.27. The molecule has 0 rings (SSSR count). The largest absolute Gasteiger partial charge is 0.465 e. The van der Waals surface area contributed by atoms with Crippen LogP contribution >= 0.6 is 0 Å². The van der Waals surface area contributed by atoms with Gasteiger partial charge in [-0.2, -0.15) is 0 Å². The Labute approximate surface area is 75.3 Å². The van der Waals surface area contributed by atoms with Gasteiger partial charge in [-0.05, 0) is 26.7 Å². The normalized spacial score (nSPS) is 11.3. The molecule has 0 radical (unpaired) electrons. The van der Waals surface area contributed by atoms with Gasteiger partial charge in [-0.3, -0.25) is 4.79 Å². The zero-order chi connectivity index (χ0) is 9.61. The molecule has 0 aromatic carbocycles. The average molecular weight is 172 g/mol. The third-order valence-electron chi connectivity index (χ3n) is 1.86. The number of carbonyl (C=O) groups excluding carboxylic acids is 1. The van der Waals surface area contributed by atoms with Crippen LogP contribution in [0.1, 0.15) is 47.0 Å². The molecule has 2 nitrogen and oxygen atoms in total. The summed E-state index contributed by atoms with van der Waals surface area (Å²) in [4.78, 5) is 11.4. The van der Waals surface area contributed by atoms with Gasteiger partial charge in [0.1, 0.15) is 0 Å². The second-order valence-electron chi connectivity index (χ2n) is 3.77. The lowest BCUT2D eigenvalue weighted by atomic mass is 9.88. The van der Waals surface area contributed by atoms with E-state index < -0.39 is 0 Å². The van der Waals surface area contributed by atoms with E-state index in [-0.39, 0.29) is 11.4 Å². The summed E-state index contributed by atoms with van der Waals surface area (Å²) in [6, 6.07) is 0. The Hall–Kier alpha value is -0.530. The van der Waals surface area contributed by atoms with Crippen molar-refractivity contribution in [2.45, 2.75) is 47.0 Å². The van der Waals surface area contributed by atoms with Gasteiger partial charge in [0, 0.05) is 0 Å². The van der Waals surface area contributed by atoms with Crippen LogP contribution in [0.5, 0.6) is 0 Å². The molecule has 2 heteroatoms. The monoisotopic (exact) mass is 172 g/mol. The molecule has 72 valence electrons. The highest BCUT2D eigenvalue weighted by Crippen LogP contribution is 2.23. The second-order valence-corrected chi connectivity index (χ2v) is 3.77. The second kappa shape index (κ2) is 5.18. The minimum atomic E-state index is -0.302. The Morgan fingerprint density at radius 1 is 1.25 bits per heavy atom. The fourth-order valence-electron chi connectivity index (χ4n) is 1.12. The summed E-state index contributed by atoms with van der Waals surface area (Å²) >= 11 is 0. The van der Waals surface area contributed by atoms with Crippen molar-refractivity contribution in [3.8, 4) is 0 Å². The average Bonchev–Trinajstić information content (AvgIpc) is 2.00. The number of ether oxygens (including phenoxy) is 1. The predicted molar refractivity (Wildman–Crippen MR) is 49.9 cm³/mol. The Balaban J connectivity index is 3.88. The fraction of sp³-hybridized carbons (Fsp3) is 0.900. The van der Waals surface area contributed by atoms with Crippen LogP contribution < -0.4 is 0 Å². The first kappa shape index (κ1) is 11.5. The van der Waals surface area contributed by atoms with Crippen molar-refractivity contribution in [3.63, 3.8) is 0 Å². The third kappa shape index (κ3) is 3.74. The van der Waals surface area contributed by atoms with Crippen LogP contribution in [-0.2, 0) is 9.53 Å². The molecule has 0 aliphatic heterocycles. The maximum atomic E-state index is 11.4. The van der Waals surface area contributed by atoms with E-state index in [2.05, 4.69) is 6.92 Å².